The van der Waals surface area contributed by atoms with Crippen molar-refractivity contribution in [3.05, 3.63) is 53.9 Å². The number of nitrogens with zero attached hydrogens (tertiary/aromatic N) is 1. The first-order valence-electron chi connectivity index (χ1n) is 10.3. The lowest BCUT2D eigenvalue weighted by atomic mass is 9.77. The van der Waals surface area contributed by atoms with Crippen LogP contribution in [0, 0.1) is 12.8 Å². The minimum Gasteiger partial charge on any atom is -0.464 e. The Bertz CT molecular complexity index is 1020. The van der Waals surface area contributed by atoms with Gasteiger partial charge in [0.25, 0.3) is 5.91 Å². The second-order valence-electron chi connectivity index (χ2n) is 8.70. The van der Waals surface area contributed by atoms with E-state index in [0.29, 0.717) is 11.5 Å². The molecule has 1 aromatic carbocycles. The van der Waals surface area contributed by atoms with E-state index >= 15 is 0 Å². The van der Waals surface area contributed by atoms with Crippen molar-refractivity contribution >= 4 is 16.9 Å². The smallest absolute Gasteiger partial charge is 0.251 e. The summed E-state index contributed by atoms with van der Waals surface area (Å²) in [4.78, 5) is 17.3. The SMILES string of the molecule is Cc1cc(C(=O)NC2CCC(C(C)(C)O)CC2)ccc1-c1nccc2occc12. The van der Waals surface area contributed by atoms with Crippen LogP contribution in [-0.4, -0.2) is 27.6 Å². The summed E-state index contributed by atoms with van der Waals surface area (Å²) < 4.78 is 5.48. The molecule has 0 aliphatic heterocycles. The van der Waals surface area contributed by atoms with Gasteiger partial charge in [0.2, 0.25) is 0 Å². The fourth-order valence-corrected chi connectivity index (χ4v) is 4.39. The molecule has 5 heteroatoms. The zero-order valence-electron chi connectivity index (χ0n) is 17.2. The van der Waals surface area contributed by atoms with E-state index in [-0.39, 0.29) is 11.9 Å². The Balaban J connectivity index is 1.47. The molecule has 0 atom stereocenters. The molecule has 1 amide bonds. The number of rotatable bonds is 4. The van der Waals surface area contributed by atoms with Crippen LogP contribution in [0.4, 0.5) is 0 Å². The van der Waals surface area contributed by atoms with Gasteiger partial charge in [-0.05, 0) is 82.2 Å². The third-order valence-corrected chi connectivity index (χ3v) is 6.19. The Hall–Kier alpha value is -2.66. The highest BCUT2D eigenvalue weighted by atomic mass is 16.3. The minimum absolute atomic E-state index is 0.0409. The summed E-state index contributed by atoms with van der Waals surface area (Å²) in [6.45, 7) is 5.75. The predicted octanol–water partition coefficient (Wildman–Crippen LogP) is 4.86. The Morgan fingerprint density at radius 2 is 1.93 bits per heavy atom. The Kier molecular flexibility index (Phi) is 5.17. The Morgan fingerprint density at radius 3 is 2.62 bits per heavy atom. The van der Waals surface area contributed by atoms with Crippen LogP contribution in [0.3, 0.4) is 0 Å². The highest BCUT2D eigenvalue weighted by Gasteiger charge is 2.31. The number of nitrogens with one attached hydrogen (secondary N) is 1. The van der Waals surface area contributed by atoms with E-state index in [9.17, 15) is 9.90 Å². The lowest BCUT2D eigenvalue weighted by Gasteiger charge is -2.36. The monoisotopic (exact) mass is 392 g/mol. The molecule has 0 bridgehead atoms. The van der Waals surface area contributed by atoms with Crippen molar-refractivity contribution in [3.8, 4) is 11.3 Å². The predicted molar refractivity (Wildman–Crippen MR) is 114 cm³/mol. The number of aromatic nitrogens is 1. The molecule has 0 spiro atoms. The lowest BCUT2D eigenvalue weighted by Crippen LogP contribution is -2.41. The van der Waals surface area contributed by atoms with E-state index in [1.54, 1.807) is 12.5 Å². The standard InChI is InChI=1S/C24H28N2O3/c1-15-14-16(23(27)26-18-7-5-17(6-8-18)24(2,3)28)4-9-19(15)22-20-11-13-29-21(20)10-12-25-22/h4,9-14,17-18,28H,5-8H2,1-3H3,(H,26,27). The molecule has 2 aromatic heterocycles. The van der Waals surface area contributed by atoms with Gasteiger partial charge in [-0.3, -0.25) is 9.78 Å². The molecule has 2 heterocycles. The lowest BCUT2D eigenvalue weighted by molar-refractivity contribution is -0.00257. The maximum Gasteiger partial charge on any atom is 0.251 e. The third-order valence-electron chi connectivity index (χ3n) is 6.19. The molecule has 3 aromatic rings. The van der Waals surface area contributed by atoms with Gasteiger partial charge in [-0.2, -0.15) is 0 Å². The van der Waals surface area contributed by atoms with Gasteiger partial charge in [-0.15, -0.1) is 0 Å². The van der Waals surface area contributed by atoms with Crippen molar-refractivity contribution < 1.29 is 14.3 Å². The first kappa shape index (κ1) is 19.6. The number of hydrogen-bond donors (Lipinski definition) is 2. The number of carbonyl (C=O) groups excluding carboxylic acids is 1. The van der Waals surface area contributed by atoms with E-state index in [1.165, 1.54) is 0 Å². The van der Waals surface area contributed by atoms with Crippen molar-refractivity contribution in [1.29, 1.82) is 0 Å². The zero-order chi connectivity index (χ0) is 20.6. The second kappa shape index (κ2) is 7.64. The van der Waals surface area contributed by atoms with Crippen LogP contribution in [-0.2, 0) is 0 Å². The van der Waals surface area contributed by atoms with Gasteiger partial charge >= 0.3 is 0 Å². The molecule has 5 nitrogen and oxygen atoms in total. The third kappa shape index (κ3) is 4.06. The average Bonchev–Trinajstić information content (AvgIpc) is 3.16. The van der Waals surface area contributed by atoms with Crippen LogP contribution < -0.4 is 5.32 Å². The number of pyridine rings is 1. The molecule has 0 radical (unpaired) electrons. The van der Waals surface area contributed by atoms with E-state index in [2.05, 4.69) is 10.3 Å². The normalized spacial score (nSPS) is 20.0. The van der Waals surface area contributed by atoms with Gasteiger partial charge in [0, 0.05) is 28.8 Å². The molecular formula is C24H28N2O3. The van der Waals surface area contributed by atoms with E-state index in [4.69, 9.17) is 4.42 Å². The van der Waals surface area contributed by atoms with Crippen molar-refractivity contribution in [2.75, 3.05) is 0 Å². The van der Waals surface area contributed by atoms with Gasteiger partial charge in [-0.25, -0.2) is 0 Å². The maximum atomic E-state index is 12.8. The molecule has 1 saturated carbocycles. The average molecular weight is 392 g/mol. The van der Waals surface area contributed by atoms with Crippen LogP contribution in [0.25, 0.3) is 22.2 Å². The summed E-state index contributed by atoms with van der Waals surface area (Å²) in [7, 11) is 0. The van der Waals surface area contributed by atoms with Gasteiger partial charge in [-0.1, -0.05) is 6.07 Å². The van der Waals surface area contributed by atoms with E-state index in [1.807, 2.05) is 51.1 Å². The van der Waals surface area contributed by atoms with Gasteiger partial charge in [0.05, 0.1) is 17.6 Å². The Labute approximate surface area is 171 Å². The summed E-state index contributed by atoms with van der Waals surface area (Å²) >= 11 is 0. The summed E-state index contributed by atoms with van der Waals surface area (Å²) in [5.41, 5.74) is 3.69. The van der Waals surface area contributed by atoms with Crippen LogP contribution in [0.2, 0.25) is 0 Å². The number of fused-ring (bicyclic) bond motifs is 1. The number of furan rings is 1. The number of aliphatic hydroxyl groups is 1. The molecule has 1 aliphatic carbocycles. The first-order chi connectivity index (χ1) is 13.8. The summed E-state index contributed by atoms with van der Waals surface area (Å²) in [5.74, 6) is 0.260. The number of hydrogen-bond acceptors (Lipinski definition) is 4. The molecule has 1 fully saturated rings. The summed E-state index contributed by atoms with van der Waals surface area (Å²) in [5, 5.41) is 14.3. The molecule has 1 aliphatic rings. The molecule has 152 valence electrons. The fourth-order valence-electron chi connectivity index (χ4n) is 4.39. The Morgan fingerprint density at radius 1 is 1.17 bits per heavy atom. The zero-order valence-corrected chi connectivity index (χ0v) is 17.2. The molecule has 29 heavy (non-hydrogen) atoms. The van der Waals surface area contributed by atoms with Crippen molar-refractivity contribution in [2.45, 2.75) is 58.1 Å². The molecule has 4 rings (SSSR count). The van der Waals surface area contributed by atoms with Crippen molar-refractivity contribution in [1.82, 2.24) is 10.3 Å². The molecule has 0 saturated heterocycles. The van der Waals surface area contributed by atoms with Gasteiger partial charge in [0.15, 0.2) is 0 Å². The van der Waals surface area contributed by atoms with Crippen molar-refractivity contribution in [2.24, 2.45) is 5.92 Å². The van der Waals surface area contributed by atoms with Gasteiger partial charge < -0.3 is 14.8 Å². The molecule has 2 N–H and O–H groups in total. The maximum absolute atomic E-state index is 12.8. The van der Waals surface area contributed by atoms with Gasteiger partial charge in [0.1, 0.15) is 5.58 Å². The van der Waals surface area contributed by atoms with Crippen LogP contribution in [0.5, 0.6) is 0 Å². The largest absolute Gasteiger partial charge is 0.464 e. The quantitative estimate of drug-likeness (QED) is 0.665. The second-order valence-corrected chi connectivity index (χ2v) is 8.70. The highest BCUT2D eigenvalue weighted by Crippen LogP contribution is 2.33. The topological polar surface area (TPSA) is 75.4 Å². The number of aryl methyl sites for hydroxylation is 1. The van der Waals surface area contributed by atoms with Crippen LogP contribution in [0.15, 0.2) is 47.2 Å². The van der Waals surface area contributed by atoms with E-state index in [0.717, 1.165) is 53.5 Å². The first-order valence-corrected chi connectivity index (χ1v) is 10.3. The highest BCUT2D eigenvalue weighted by molar-refractivity contribution is 5.97. The van der Waals surface area contributed by atoms with E-state index < -0.39 is 5.60 Å². The molecule has 0 unspecified atom stereocenters. The minimum atomic E-state index is -0.645. The molecular weight excluding hydrogens is 364 g/mol. The number of benzene rings is 1. The van der Waals surface area contributed by atoms with Crippen LogP contribution in [0.1, 0.15) is 55.5 Å². The fraction of sp³-hybridized carbons (Fsp3) is 0.417. The van der Waals surface area contributed by atoms with Crippen molar-refractivity contribution in [3.63, 3.8) is 0 Å². The van der Waals surface area contributed by atoms with Crippen LogP contribution >= 0.6 is 0 Å². The number of amides is 1. The summed E-state index contributed by atoms with van der Waals surface area (Å²) in [6.07, 6.45) is 7.10. The number of carbonyl (C=O) groups is 1. The summed E-state index contributed by atoms with van der Waals surface area (Å²) in [6, 6.07) is 9.69.